The standard InChI is InChI=1S/C15H23F3N2/c1-3-10-20(12-15(16,17)18)11-14(19-4-2)13-8-6-5-7-9-13/h5-9,14,19H,3-4,10-12H2,1-2H3. The maximum Gasteiger partial charge on any atom is 0.401 e. The lowest BCUT2D eigenvalue weighted by Gasteiger charge is -2.28. The minimum Gasteiger partial charge on any atom is -0.309 e. The van der Waals surface area contributed by atoms with E-state index in [-0.39, 0.29) is 6.04 Å². The van der Waals surface area contributed by atoms with Crippen LogP contribution >= 0.6 is 0 Å². The number of nitrogens with one attached hydrogen (secondary N) is 1. The molecule has 20 heavy (non-hydrogen) atoms. The first-order chi connectivity index (χ1) is 9.46. The SMILES string of the molecule is CCCN(CC(NCC)c1ccccc1)CC(F)(F)F. The van der Waals surface area contributed by atoms with E-state index < -0.39 is 12.7 Å². The highest BCUT2D eigenvalue weighted by Crippen LogP contribution is 2.20. The topological polar surface area (TPSA) is 15.3 Å². The fraction of sp³-hybridized carbons (Fsp3) is 0.600. The Morgan fingerprint density at radius 2 is 1.80 bits per heavy atom. The van der Waals surface area contributed by atoms with Crippen LogP contribution in [0.15, 0.2) is 30.3 Å². The predicted octanol–water partition coefficient (Wildman–Crippen LogP) is 3.61. The molecule has 114 valence electrons. The average molecular weight is 288 g/mol. The minimum absolute atomic E-state index is 0.0740. The van der Waals surface area contributed by atoms with Crippen LogP contribution in [0, 0.1) is 0 Å². The molecule has 0 fully saturated rings. The molecule has 1 rings (SSSR count). The third-order valence-corrected chi connectivity index (χ3v) is 3.04. The summed E-state index contributed by atoms with van der Waals surface area (Å²) >= 11 is 0. The Morgan fingerprint density at radius 3 is 2.30 bits per heavy atom. The van der Waals surface area contributed by atoms with Crippen LogP contribution in [-0.4, -0.2) is 37.3 Å². The van der Waals surface area contributed by atoms with Crippen molar-refractivity contribution in [2.24, 2.45) is 0 Å². The molecule has 1 aromatic carbocycles. The van der Waals surface area contributed by atoms with E-state index in [9.17, 15) is 13.2 Å². The zero-order valence-corrected chi connectivity index (χ0v) is 12.1. The number of likely N-dealkylation sites (N-methyl/N-ethyl adjacent to an activating group) is 1. The Labute approximate surface area is 119 Å². The molecule has 0 aliphatic heterocycles. The van der Waals surface area contributed by atoms with Crippen LogP contribution in [0.2, 0.25) is 0 Å². The van der Waals surface area contributed by atoms with Gasteiger partial charge < -0.3 is 5.32 Å². The molecule has 0 aliphatic rings. The van der Waals surface area contributed by atoms with E-state index in [2.05, 4.69) is 5.32 Å². The summed E-state index contributed by atoms with van der Waals surface area (Å²) < 4.78 is 37.8. The first-order valence-corrected chi connectivity index (χ1v) is 7.03. The molecular weight excluding hydrogens is 265 g/mol. The van der Waals surface area contributed by atoms with E-state index >= 15 is 0 Å². The minimum atomic E-state index is -4.15. The van der Waals surface area contributed by atoms with E-state index in [1.54, 1.807) is 0 Å². The van der Waals surface area contributed by atoms with Gasteiger partial charge in [0.2, 0.25) is 0 Å². The molecule has 0 bridgehead atoms. The smallest absolute Gasteiger partial charge is 0.309 e. The third kappa shape index (κ3) is 6.39. The molecule has 2 nitrogen and oxygen atoms in total. The van der Waals surface area contributed by atoms with Crippen molar-refractivity contribution in [2.45, 2.75) is 32.5 Å². The molecule has 0 amide bonds. The summed E-state index contributed by atoms with van der Waals surface area (Å²) in [5, 5.41) is 3.26. The molecule has 1 N–H and O–H groups in total. The summed E-state index contributed by atoms with van der Waals surface area (Å²) in [6.07, 6.45) is -3.44. The Balaban J connectivity index is 2.75. The Hall–Kier alpha value is -1.07. The van der Waals surface area contributed by atoms with Crippen LogP contribution in [-0.2, 0) is 0 Å². The Morgan fingerprint density at radius 1 is 1.15 bits per heavy atom. The van der Waals surface area contributed by atoms with Gasteiger partial charge >= 0.3 is 6.18 Å². The third-order valence-electron chi connectivity index (χ3n) is 3.04. The van der Waals surface area contributed by atoms with Crippen LogP contribution in [0.3, 0.4) is 0 Å². The lowest BCUT2D eigenvalue weighted by molar-refractivity contribution is -0.146. The van der Waals surface area contributed by atoms with Gasteiger partial charge in [-0.1, -0.05) is 44.2 Å². The molecule has 0 aliphatic carbocycles. The second-order valence-corrected chi connectivity index (χ2v) is 4.87. The Kier molecular flexibility index (Phi) is 7.02. The van der Waals surface area contributed by atoms with Crippen molar-refractivity contribution in [1.82, 2.24) is 10.2 Å². The van der Waals surface area contributed by atoms with E-state index in [1.165, 1.54) is 4.90 Å². The summed E-state index contributed by atoms with van der Waals surface area (Å²) in [6.45, 7) is 4.55. The average Bonchev–Trinajstić information content (AvgIpc) is 2.37. The van der Waals surface area contributed by atoms with Crippen LogP contribution < -0.4 is 5.32 Å². The summed E-state index contributed by atoms with van der Waals surface area (Å²) in [6, 6.07) is 9.55. The van der Waals surface area contributed by atoms with Gasteiger partial charge in [-0.25, -0.2) is 0 Å². The maximum atomic E-state index is 12.6. The molecule has 0 heterocycles. The van der Waals surface area contributed by atoms with E-state index in [4.69, 9.17) is 0 Å². The van der Waals surface area contributed by atoms with Gasteiger partial charge in [0.05, 0.1) is 6.54 Å². The van der Waals surface area contributed by atoms with Crippen molar-refractivity contribution in [2.75, 3.05) is 26.2 Å². The molecule has 0 aromatic heterocycles. The molecule has 1 aromatic rings. The van der Waals surface area contributed by atoms with Gasteiger partial charge in [-0.15, -0.1) is 0 Å². The van der Waals surface area contributed by atoms with Gasteiger partial charge in [-0.05, 0) is 25.1 Å². The lowest BCUT2D eigenvalue weighted by atomic mass is 10.1. The van der Waals surface area contributed by atoms with Crippen molar-refractivity contribution >= 4 is 0 Å². The van der Waals surface area contributed by atoms with E-state index in [1.807, 2.05) is 44.2 Å². The van der Waals surface area contributed by atoms with E-state index in [0.717, 1.165) is 12.1 Å². The fourth-order valence-corrected chi connectivity index (χ4v) is 2.28. The van der Waals surface area contributed by atoms with Crippen molar-refractivity contribution in [3.63, 3.8) is 0 Å². The highest BCUT2D eigenvalue weighted by Gasteiger charge is 2.31. The number of benzene rings is 1. The molecule has 0 saturated carbocycles. The van der Waals surface area contributed by atoms with Crippen LogP contribution in [0.1, 0.15) is 31.9 Å². The quantitative estimate of drug-likeness (QED) is 0.786. The van der Waals surface area contributed by atoms with Crippen molar-refractivity contribution < 1.29 is 13.2 Å². The molecule has 1 atom stereocenters. The normalized spacial score (nSPS) is 13.7. The first-order valence-electron chi connectivity index (χ1n) is 7.03. The second kappa shape index (κ2) is 8.27. The fourth-order valence-electron chi connectivity index (χ4n) is 2.28. The number of hydrogen-bond donors (Lipinski definition) is 1. The van der Waals surface area contributed by atoms with Gasteiger partial charge in [0.15, 0.2) is 0 Å². The molecule has 0 saturated heterocycles. The molecule has 0 spiro atoms. The van der Waals surface area contributed by atoms with Crippen LogP contribution in [0.25, 0.3) is 0 Å². The van der Waals surface area contributed by atoms with E-state index in [0.29, 0.717) is 19.5 Å². The number of halogens is 3. The summed E-state index contributed by atoms with van der Waals surface area (Å²) in [4.78, 5) is 1.47. The van der Waals surface area contributed by atoms with Gasteiger partial charge in [0.1, 0.15) is 0 Å². The molecular formula is C15H23F3N2. The highest BCUT2D eigenvalue weighted by atomic mass is 19.4. The monoisotopic (exact) mass is 288 g/mol. The second-order valence-electron chi connectivity index (χ2n) is 4.87. The highest BCUT2D eigenvalue weighted by molar-refractivity contribution is 5.19. The summed E-state index contributed by atoms with van der Waals surface area (Å²) in [5.41, 5.74) is 1.03. The number of rotatable bonds is 8. The predicted molar refractivity (Wildman–Crippen MR) is 75.6 cm³/mol. The Bertz CT molecular complexity index is 365. The first kappa shape index (κ1) is 17.0. The van der Waals surface area contributed by atoms with Gasteiger partial charge in [0.25, 0.3) is 0 Å². The van der Waals surface area contributed by atoms with Crippen molar-refractivity contribution in [3.8, 4) is 0 Å². The zero-order valence-electron chi connectivity index (χ0n) is 12.1. The van der Waals surface area contributed by atoms with Crippen molar-refractivity contribution in [3.05, 3.63) is 35.9 Å². The molecule has 5 heteroatoms. The number of alkyl halides is 3. The number of nitrogens with zero attached hydrogens (tertiary/aromatic N) is 1. The largest absolute Gasteiger partial charge is 0.401 e. The number of hydrogen-bond acceptors (Lipinski definition) is 2. The lowest BCUT2D eigenvalue weighted by Crippen LogP contribution is -2.40. The molecule has 1 unspecified atom stereocenters. The van der Waals surface area contributed by atoms with Gasteiger partial charge in [0, 0.05) is 12.6 Å². The van der Waals surface area contributed by atoms with Gasteiger partial charge in [-0.2, -0.15) is 13.2 Å². The summed E-state index contributed by atoms with van der Waals surface area (Å²) in [5.74, 6) is 0. The molecule has 0 radical (unpaired) electrons. The summed E-state index contributed by atoms with van der Waals surface area (Å²) in [7, 11) is 0. The van der Waals surface area contributed by atoms with Gasteiger partial charge in [-0.3, -0.25) is 4.90 Å². The maximum absolute atomic E-state index is 12.6. The zero-order chi connectivity index (χ0) is 15.0. The van der Waals surface area contributed by atoms with Crippen molar-refractivity contribution in [1.29, 1.82) is 0 Å². The van der Waals surface area contributed by atoms with Crippen LogP contribution in [0.5, 0.6) is 0 Å². The van der Waals surface area contributed by atoms with Crippen LogP contribution in [0.4, 0.5) is 13.2 Å².